The summed E-state index contributed by atoms with van der Waals surface area (Å²) in [6.45, 7) is 3.87. The lowest BCUT2D eigenvalue weighted by Crippen LogP contribution is -2.30. The molecule has 4 aromatic rings. The number of hydrogen-bond donors (Lipinski definition) is 0. The van der Waals surface area contributed by atoms with E-state index in [4.69, 9.17) is 9.72 Å². The van der Waals surface area contributed by atoms with E-state index in [1.165, 1.54) is 4.90 Å². The summed E-state index contributed by atoms with van der Waals surface area (Å²) in [5.74, 6) is -1.52. The zero-order valence-corrected chi connectivity index (χ0v) is 26.3. The van der Waals surface area contributed by atoms with Crippen LogP contribution in [0, 0.1) is 18.8 Å². The number of rotatable bonds is 8. The summed E-state index contributed by atoms with van der Waals surface area (Å²) in [7, 11) is 0. The zero-order chi connectivity index (χ0) is 31.0. The molecule has 44 heavy (non-hydrogen) atoms. The van der Waals surface area contributed by atoms with Gasteiger partial charge in [0, 0.05) is 21.0 Å². The van der Waals surface area contributed by atoms with Crippen LogP contribution in [0.4, 0.5) is 5.69 Å². The minimum atomic E-state index is -0.923. The number of amides is 2. The largest absolute Gasteiger partial charge is 0.450 e. The Hall–Kier alpha value is -4.17. The van der Waals surface area contributed by atoms with Gasteiger partial charge in [-0.25, -0.2) is 9.78 Å². The number of ketones is 1. The average Bonchev–Trinajstić information content (AvgIpc) is 3.29. The van der Waals surface area contributed by atoms with E-state index in [1.54, 1.807) is 42.5 Å². The zero-order valence-electron chi connectivity index (χ0n) is 24.7. The van der Waals surface area contributed by atoms with Crippen LogP contribution in [0.3, 0.4) is 0 Å². The van der Waals surface area contributed by atoms with Crippen molar-refractivity contribution in [3.8, 4) is 11.3 Å². The van der Waals surface area contributed by atoms with Gasteiger partial charge in [0.2, 0.25) is 17.6 Å². The molecule has 2 fully saturated rings. The number of hydrogen-bond acceptors (Lipinski definition) is 6. The highest BCUT2D eigenvalue weighted by atomic mass is 79.9. The van der Waals surface area contributed by atoms with E-state index in [0.717, 1.165) is 35.7 Å². The van der Waals surface area contributed by atoms with Crippen LogP contribution in [0.5, 0.6) is 0 Å². The first-order chi connectivity index (χ1) is 21.3. The first kappa shape index (κ1) is 29.9. The lowest BCUT2D eigenvalue weighted by atomic mass is 9.81. The smallest absolute Gasteiger partial charge is 0.339 e. The van der Waals surface area contributed by atoms with Crippen LogP contribution < -0.4 is 4.90 Å². The number of ether oxygens (including phenoxy) is 1. The summed E-state index contributed by atoms with van der Waals surface area (Å²) in [5, 5.41) is 0.612. The van der Waals surface area contributed by atoms with E-state index in [1.807, 2.05) is 44.2 Å². The number of carbonyl (C=O) groups is 4. The van der Waals surface area contributed by atoms with Gasteiger partial charge < -0.3 is 4.74 Å². The van der Waals surface area contributed by atoms with Crippen molar-refractivity contribution in [1.82, 2.24) is 4.98 Å². The summed E-state index contributed by atoms with van der Waals surface area (Å²) in [5.41, 5.74) is 4.09. The highest BCUT2D eigenvalue weighted by Gasteiger charge is 2.48. The van der Waals surface area contributed by atoms with Crippen molar-refractivity contribution in [3.05, 3.63) is 94.0 Å². The van der Waals surface area contributed by atoms with Gasteiger partial charge in [-0.3, -0.25) is 19.3 Å². The number of carbonyl (C=O) groups excluding carboxylic acids is 4. The first-order valence-corrected chi connectivity index (χ1v) is 16.0. The number of fused-ring (bicyclic) bond motifs is 2. The average molecular weight is 654 g/mol. The second-order valence-corrected chi connectivity index (χ2v) is 12.6. The Kier molecular flexibility index (Phi) is 8.45. The number of esters is 1. The fraction of sp³-hybridized carbons (Fsp3) is 0.306. The summed E-state index contributed by atoms with van der Waals surface area (Å²) < 4.78 is 6.71. The van der Waals surface area contributed by atoms with Crippen LogP contribution in [-0.4, -0.2) is 34.7 Å². The fourth-order valence-electron chi connectivity index (χ4n) is 6.46. The molecular weight excluding hydrogens is 620 g/mol. The van der Waals surface area contributed by atoms with Crippen molar-refractivity contribution in [2.45, 2.75) is 58.5 Å². The van der Waals surface area contributed by atoms with Crippen molar-refractivity contribution in [1.29, 1.82) is 0 Å². The highest BCUT2D eigenvalue weighted by molar-refractivity contribution is 9.10. The molecule has 1 aliphatic carbocycles. The summed E-state index contributed by atoms with van der Waals surface area (Å²) >= 11 is 3.54. The second kappa shape index (κ2) is 12.4. The lowest BCUT2D eigenvalue weighted by molar-refractivity contribution is -0.122. The SMILES string of the molecule is CCCC(OC(=O)c1cc(-c2ccc(N3C(=O)C4CCCCC4C3=O)cc2)nc2c(C)cc(Br)cc12)C(=O)c1ccccc1. The molecule has 2 heterocycles. The molecule has 1 saturated carbocycles. The molecule has 3 atom stereocenters. The van der Waals surface area contributed by atoms with Crippen LogP contribution in [0.1, 0.15) is 71.7 Å². The van der Waals surface area contributed by atoms with E-state index in [0.29, 0.717) is 51.8 Å². The van der Waals surface area contributed by atoms with Crippen molar-refractivity contribution >= 4 is 56.1 Å². The van der Waals surface area contributed by atoms with Gasteiger partial charge in [0.1, 0.15) is 0 Å². The van der Waals surface area contributed by atoms with Crippen molar-refractivity contribution in [2.75, 3.05) is 4.90 Å². The number of Topliss-reactive ketones (excluding diaryl/α,β-unsaturated/α-hetero) is 1. The molecule has 1 saturated heterocycles. The van der Waals surface area contributed by atoms with Crippen molar-refractivity contribution in [3.63, 3.8) is 0 Å². The van der Waals surface area contributed by atoms with E-state index >= 15 is 0 Å². The van der Waals surface area contributed by atoms with Gasteiger partial charge in [0.05, 0.1) is 34.3 Å². The molecule has 3 aromatic carbocycles. The van der Waals surface area contributed by atoms with Gasteiger partial charge in [-0.15, -0.1) is 0 Å². The number of anilines is 1. The Balaban J connectivity index is 1.35. The maximum Gasteiger partial charge on any atom is 0.339 e. The number of halogens is 1. The van der Waals surface area contributed by atoms with Crippen LogP contribution in [0.2, 0.25) is 0 Å². The summed E-state index contributed by atoms with van der Waals surface area (Å²) in [6, 6.07) is 21.4. The minimum absolute atomic E-state index is 0.116. The molecule has 1 aromatic heterocycles. The number of nitrogens with zero attached hydrogens (tertiary/aromatic N) is 2. The van der Waals surface area contributed by atoms with Gasteiger partial charge in [0.25, 0.3) is 0 Å². The van der Waals surface area contributed by atoms with E-state index in [2.05, 4.69) is 15.9 Å². The monoisotopic (exact) mass is 652 g/mol. The molecule has 2 amide bonds. The maximum absolute atomic E-state index is 13.8. The van der Waals surface area contributed by atoms with Crippen LogP contribution in [0.15, 0.2) is 77.3 Å². The van der Waals surface area contributed by atoms with E-state index < -0.39 is 12.1 Å². The van der Waals surface area contributed by atoms with Gasteiger partial charge in [-0.05, 0) is 62.1 Å². The topological polar surface area (TPSA) is 93.6 Å². The standard InChI is InChI=1S/C36H33BrN2O5/c1-3-9-31(33(40)23-10-5-4-6-11-23)44-36(43)29-20-30(38-32-21(2)18-24(37)19-28(29)32)22-14-16-25(17-15-22)39-34(41)26-12-7-8-13-27(26)35(39)42/h4-6,10-11,14-20,26-27,31H,3,7-9,12-13H2,1-2H3. The molecule has 6 rings (SSSR count). The third kappa shape index (κ3) is 5.59. The van der Waals surface area contributed by atoms with E-state index in [-0.39, 0.29) is 29.4 Å². The molecule has 3 unspecified atom stereocenters. The Bertz CT molecular complexity index is 1750. The molecule has 0 bridgehead atoms. The quantitative estimate of drug-likeness (QED) is 0.109. The Labute approximate surface area is 264 Å². The number of pyridine rings is 1. The molecule has 1 aliphatic heterocycles. The lowest BCUT2D eigenvalue weighted by Gasteiger charge is -2.19. The predicted octanol–water partition coefficient (Wildman–Crippen LogP) is 7.86. The summed E-state index contributed by atoms with van der Waals surface area (Å²) in [6.07, 6.45) is 3.61. The fourth-order valence-corrected chi connectivity index (χ4v) is 7.03. The molecule has 7 nitrogen and oxygen atoms in total. The summed E-state index contributed by atoms with van der Waals surface area (Å²) in [4.78, 5) is 59.6. The van der Waals surface area contributed by atoms with Gasteiger partial charge in [-0.2, -0.15) is 0 Å². The maximum atomic E-state index is 13.8. The number of imide groups is 1. The second-order valence-electron chi connectivity index (χ2n) is 11.6. The molecule has 224 valence electrons. The highest BCUT2D eigenvalue weighted by Crippen LogP contribution is 2.40. The molecule has 0 radical (unpaired) electrons. The minimum Gasteiger partial charge on any atom is -0.450 e. The third-order valence-corrected chi connectivity index (χ3v) is 9.16. The number of aryl methyl sites for hydroxylation is 1. The van der Waals surface area contributed by atoms with Crippen LogP contribution in [0.25, 0.3) is 22.2 Å². The first-order valence-electron chi connectivity index (χ1n) is 15.2. The molecule has 0 spiro atoms. The Morgan fingerprint density at radius 2 is 1.61 bits per heavy atom. The van der Waals surface area contributed by atoms with Crippen LogP contribution in [-0.2, 0) is 14.3 Å². The van der Waals surface area contributed by atoms with Gasteiger partial charge in [-0.1, -0.05) is 84.6 Å². The number of benzene rings is 3. The number of aromatic nitrogens is 1. The predicted molar refractivity (Wildman–Crippen MR) is 172 cm³/mol. The van der Waals surface area contributed by atoms with Gasteiger partial charge >= 0.3 is 5.97 Å². The van der Waals surface area contributed by atoms with Crippen molar-refractivity contribution < 1.29 is 23.9 Å². The Morgan fingerprint density at radius 3 is 2.25 bits per heavy atom. The molecular formula is C36H33BrN2O5. The molecule has 8 heteroatoms. The van der Waals surface area contributed by atoms with Crippen LogP contribution >= 0.6 is 15.9 Å². The van der Waals surface area contributed by atoms with Crippen molar-refractivity contribution in [2.24, 2.45) is 11.8 Å². The molecule has 2 aliphatic rings. The normalized spacial score (nSPS) is 18.8. The third-order valence-electron chi connectivity index (χ3n) is 8.70. The Morgan fingerprint density at radius 1 is 0.955 bits per heavy atom. The van der Waals surface area contributed by atoms with Gasteiger partial charge in [0.15, 0.2) is 6.10 Å². The van der Waals surface area contributed by atoms with E-state index in [9.17, 15) is 19.2 Å². The molecule has 0 N–H and O–H groups in total.